The number of hydrogen-bond donors (Lipinski definition) is 0. The van der Waals surface area contributed by atoms with Crippen molar-refractivity contribution in [1.29, 1.82) is 0 Å². The van der Waals surface area contributed by atoms with E-state index in [0.29, 0.717) is 11.7 Å². The summed E-state index contributed by atoms with van der Waals surface area (Å²) in [5, 5.41) is 4.36. The molecule has 5 heteroatoms. The Bertz CT molecular complexity index is 996. The molecule has 4 rings (SSSR count). The average Bonchev–Trinajstić information content (AvgIpc) is 2.68. The maximum Gasteiger partial charge on any atom is 0.276 e. The van der Waals surface area contributed by atoms with E-state index in [1.807, 2.05) is 18.3 Å². The third kappa shape index (κ3) is 2.90. The van der Waals surface area contributed by atoms with Crippen molar-refractivity contribution in [1.82, 2.24) is 14.8 Å². The first kappa shape index (κ1) is 16.5. The van der Waals surface area contributed by atoms with Crippen molar-refractivity contribution in [2.24, 2.45) is 0 Å². The summed E-state index contributed by atoms with van der Waals surface area (Å²) in [6, 6.07) is 11.8. The van der Waals surface area contributed by atoms with Crippen molar-refractivity contribution in [3.8, 4) is 11.6 Å². The second-order valence-corrected chi connectivity index (χ2v) is 6.74. The van der Waals surface area contributed by atoms with Gasteiger partial charge in [0.1, 0.15) is 5.75 Å². The van der Waals surface area contributed by atoms with Crippen LogP contribution in [0.3, 0.4) is 0 Å². The lowest BCUT2D eigenvalue weighted by Gasteiger charge is -2.26. The fraction of sp³-hybridized carbons (Fsp3) is 0.286. The van der Waals surface area contributed by atoms with Crippen LogP contribution >= 0.6 is 0 Å². The molecule has 0 saturated heterocycles. The molecule has 0 radical (unpaired) electrons. The summed E-state index contributed by atoms with van der Waals surface area (Å²) in [5.41, 5.74) is 4.21. The second-order valence-electron chi connectivity index (χ2n) is 6.74. The van der Waals surface area contributed by atoms with Crippen LogP contribution in [0.4, 0.5) is 0 Å². The van der Waals surface area contributed by atoms with E-state index in [4.69, 9.17) is 4.74 Å². The van der Waals surface area contributed by atoms with Gasteiger partial charge in [0.15, 0.2) is 5.82 Å². The normalized spacial score (nSPS) is 16.2. The van der Waals surface area contributed by atoms with Gasteiger partial charge < -0.3 is 4.74 Å². The first-order valence-corrected chi connectivity index (χ1v) is 8.83. The van der Waals surface area contributed by atoms with Gasteiger partial charge in [-0.3, -0.25) is 4.79 Å². The average molecular weight is 347 g/mol. The highest BCUT2D eigenvalue weighted by atomic mass is 16.5. The Kier molecular flexibility index (Phi) is 4.29. The fourth-order valence-electron chi connectivity index (χ4n) is 3.72. The molecule has 0 bridgehead atoms. The summed E-state index contributed by atoms with van der Waals surface area (Å²) in [6.45, 7) is 2.06. The van der Waals surface area contributed by atoms with Crippen molar-refractivity contribution in [2.75, 3.05) is 7.11 Å². The molecule has 1 unspecified atom stereocenters. The molecule has 2 heterocycles. The monoisotopic (exact) mass is 347 g/mol. The van der Waals surface area contributed by atoms with Gasteiger partial charge in [0.05, 0.1) is 13.3 Å². The summed E-state index contributed by atoms with van der Waals surface area (Å²) in [6.07, 6.45) is 5.96. The molecule has 1 aliphatic carbocycles. The van der Waals surface area contributed by atoms with Gasteiger partial charge in [-0.25, -0.2) is 4.98 Å². The summed E-state index contributed by atoms with van der Waals surface area (Å²) in [5.74, 6) is 1.82. The summed E-state index contributed by atoms with van der Waals surface area (Å²) < 4.78 is 6.97. The fourth-order valence-corrected chi connectivity index (χ4v) is 3.72. The lowest BCUT2D eigenvalue weighted by Crippen LogP contribution is -2.30. The minimum Gasteiger partial charge on any atom is -0.496 e. The van der Waals surface area contributed by atoms with Crippen molar-refractivity contribution in [3.63, 3.8) is 0 Å². The number of hydrogen-bond acceptors (Lipinski definition) is 4. The van der Waals surface area contributed by atoms with Crippen LogP contribution in [0.15, 0.2) is 53.6 Å². The van der Waals surface area contributed by atoms with Crippen molar-refractivity contribution in [3.05, 3.63) is 81.4 Å². The lowest BCUT2D eigenvalue weighted by atomic mass is 9.80. The molecule has 0 N–H and O–H groups in total. The first-order chi connectivity index (χ1) is 12.7. The number of aryl methyl sites for hydroxylation is 1. The molecule has 0 spiro atoms. The molecule has 5 nitrogen and oxygen atoms in total. The molecule has 1 aliphatic rings. The van der Waals surface area contributed by atoms with Crippen LogP contribution in [-0.4, -0.2) is 21.9 Å². The number of benzene rings is 1. The number of methoxy groups -OCH3 is 1. The quantitative estimate of drug-likeness (QED) is 0.730. The minimum atomic E-state index is -0.0597. The summed E-state index contributed by atoms with van der Waals surface area (Å²) in [4.78, 5) is 17.1. The van der Waals surface area contributed by atoms with Crippen LogP contribution in [0.1, 0.15) is 34.6 Å². The van der Waals surface area contributed by atoms with Gasteiger partial charge in [0, 0.05) is 11.8 Å². The lowest BCUT2D eigenvalue weighted by molar-refractivity contribution is 0.401. The van der Waals surface area contributed by atoms with Gasteiger partial charge in [0.2, 0.25) is 0 Å². The predicted octanol–water partition coefficient (Wildman–Crippen LogP) is 3.22. The summed E-state index contributed by atoms with van der Waals surface area (Å²) in [7, 11) is 1.71. The zero-order valence-electron chi connectivity index (χ0n) is 15.0. The van der Waals surface area contributed by atoms with E-state index in [1.165, 1.54) is 15.8 Å². The van der Waals surface area contributed by atoms with Crippen molar-refractivity contribution < 1.29 is 4.74 Å². The third-order valence-electron chi connectivity index (χ3n) is 5.07. The van der Waals surface area contributed by atoms with E-state index in [2.05, 4.69) is 35.2 Å². The highest BCUT2D eigenvalue weighted by Crippen LogP contribution is 2.36. The van der Waals surface area contributed by atoms with E-state index in [1.54, 1.807) is 19.4 Å². The Morgan fingerprint density at radius 3 is 2.88 bits per heavy atom. The van der Waals surface area contributed by atoms with E-state index in [-0.39, 0.29) is 5.56 Å². The van der Waals surface area contributed by atoms with E-state index in [0.717, 1.165) is 36.1 Å². The Morgan fingerprint density at radius 1 is 1.23 bits per heavy atom. The molecule has 0 amide bonds. The van der Waals surface area contributed by atoms with Gasteiger partial charge in [-0.1, -0.05) is 18.2 Å². The molecule has 1 atom stereocenters. The summed E-state index contributed by atoms with van der Waals surface area (Å²) >= 11 is 0. The smallest absolute Gasteiger partial charge is 0.276 e. The Morgan fingerprint density at radius 2 is 2.12 bits per heavy atom. The number of rotatable bonds is 3. The number of fused-ring (bicyclic) bond motifs is 1. The van der Waals surface area contributed by atoms with E-state index in [9.17, 15) is 4.79 Å². The van der Waals surface area contributed by atoms with Crippen molar-refractivity contribution in [2.45, 2.75) is 32.1 Å². The zero-order valence-corrected chi connectivity index (χ0v) is 15.0. The standard InChI is InChI=1S/C21H21N3O2/c1-14-6-8-17(19(11-14)26-2)15-7-9-18-16(12-15)13-23-24(21(18)25)20-5-3-4-10-22-20/h3-6,8,10-11,13,15H,7,9,12H2,1-2H3. The largest absolute Gasteiger partial charge is 0.496 e. The van der Waals surface area contributed by atoms with Crippen LogP contribution in [-0.2, 0) is 12.8 Å². The first-order valence-electron chi connectivity index (χ1n) is 8.83. The SMILES string of the molecule is COc1cc(C)ccc1C1CCc2c(cnn(-c3ccccn3)c2=O)C1. The van der Waals surface area contributed by atoms with Crippen LogP contribution in [0.25, 0.3) is 5.82 Å². The molecular weight excluding hydrogens is 326 g/mol. The van der Waals surface area contributed by atoms with Crippen LogP contribution < -0.4 is 10.3 Å². The Labute approximate surface area is 152 Å². The molecule has 2 aromatic heterocycles. The van der Waals surface area contributed by atoms with Gasteiger partial charge >= 0.3 is 0 Å². The van der Waals surface area contributed by atoms with Gasteiger partial charge in [0.25, 0.3) is 5.56 Å². The maximum absolute atomic E-state index is 12.9. The number of pyridine rings is 1. The zero-order chi connectivity index (χ0) is 18.1. The molecule has 0 fully saturated rings. The van der Waals surface area contributed by atoms with E-state index < -0.39 is 0 Å². The highest BCUT2D eigenvalue weighted by molar-refractivity contribution is 5.42. The Balaban J connectivity index is 1.69. The second kappa shape index (κ2) is 6.75. The molecule has 0 aliphatic heterocycles. The third-order valence-corrected chi connectivity index (χ3v) is 5.07. The van der Waals surface area contributed by atoms with Crippen LogP contribution in [0.5, 0.6) is 5.75 Å². The molecule has 3 aromatic rings. The number of ether oxygens (including phenoxy) is 1. The van der Waals surface area contributed by atoms with E-state index >= 15 is 0 Å². The van der Waals surface area contributed by atoms with Crippen molar-refractivity contribution >= 4 is 0 Å². The molecule has 0 saturated carbocycles. The maximum atomic E-state index is 12.9. The Hall–Kier alpha value is -2.95. The van der Waals surface area contributed by atoms with Gasteiger partial charge in [-0.2, -0.15) is 9.78 Å². The number of nitrogens with zero attached hydrogens (tertiary/aromatic N) is 3. The highest BCUT2D eigenvalue weighted by Gasteiger charge is 2.25. The molecule has 132 valence electrons. The molecule has 1 aromatic carbocycles. The van der Waals surface area contributed by atoms with Crippen LogP contribution in [0.2, 0.25) is 0 Å². The molecular formula is C21H21N3O2. The van der Waals surface area contributed by atoms with Crippen LogP contribution in [0, 0.1) is 6.92 Å². The topological polar surface area (TPSA) is 57.0 Å². The predicted molar refractivity (Wildman–Crippen MR) is 100 cm³/mol. The van der Waals surface area contributed by atoms with Gasteiger partial charge in [-0.15, -0.1) is 0 Å². The minimum absolute atomic E-state index is 0.0597. The molecule has 26 heavy (non-hydrogen) atoms. The number of aromatic nitrogens is 3. The van der Waals surface area contributed by atoms with Gasteiger partial charge in [-0.05, 0) is 67.0 Å².